The van der Waals surface area contributed by atoms with Gasteiger partial charge in [-0.15, -0.1) is 0 Å². The average molecular weight is 207 g/mol. The minimum Gasteiger partial charge on any atom is -0.381 e. The predicted octanol–water partition coefficient (Wildman–Crippen LogP) is -0.0726. The second kappa shape index (κ2) is 4.39. The molecular formula is C8H17NO3S. The second-order valence-corrected chi connectivity index (χ2v) is 5.94. The molecule has 1 atom stereocenters. The molecule has 5 heteroatoms. The van der Waals surface area contributed by atoms with Crippen LogP contribution in [-0.2, 0) is 14.6 Å². The van der Waals surface area contributed by atoms with Crippen LogP contribution in [0.15, 0.2) is 0 Å². The summed E-state index contributed by atoms with van der Waals surface area (Å²) in [6, 6.07) is -0.271. The van der Waals surface area contributed by atoms with Crippen molar-refractivity contribution in [2.24, 2.45) is 5.73 Å². The topological polar surface area (TPSA) is 69.4 Å². The first kappa shape index (κ1) is 10.9. The molecule has 13 heavy (non-hydrogen) atoms. The zero-order valence-corrected chi connectivity index (χ0v) is 8.72. The van der Waals surface area contributed by atoms with Gasteiger partial charge in [0.15, 0.2) is 9.84 Å². The van der Waals surface area contributed by atoms with E-state index in [9.17, 15) is 8.42 Å². The number of ether oxygens (including phenoxy) is 1. The molecule has 0 bridgehead atoms. The van der Waals surface area contributed by atoms with Crippen molar-refractivity contribution in [1.82, 2.24) is 0 Å². The highest BCUT2D eigenvalue weighted by atomic mass is 32.2. The average Bonchev–Trinajstić information content (AvgIpc) is 2.04. The number of hydrogen-bond acceptors (Lipinski definition) is 4. The van der Waals surface area contributed by atoms with Crippen molar-refractivity contribution in [3.63, 3.8) is 0 Å². The minimum atomic E-state index is -2.99. The number of rotatable bonds is 3. The Hall–Kier alpha value is -0.130. The lowest BCUT2D eigenvalue weighted by Gasteiger charge is -2.22. The van der Waals surface area contributed by atoms with Crippen LogP contribution in [0.2, 0.25) is 0 Å². The van der Waals surface area contributed by atoms with E-state index in [4.69, 9.17) is 10.5 Å². The smallest absolute Gasteiger partial charge is 0.154 e. The van der Waals surface area contributed by atoms with Crippen LogP contribution in [0.5, 0.6) is 0 Å². The van der Waals surface area contributed by atoms with E-state index in [0.29, 0.717) is 26.1 Å². The third kappa shape index (κ3) is 3.25. The summed E-state index contributed by atoms with van der Waals surface area (Å²) < 4.78 is 28.4. The summed E-state index contributed by atoms with van der Waals surface area (Å²) in [5, 5.41) is -0.229. The van der Waals surface area contributed by atoms with Crippen LogP contribution in [0.4, 0.5) is 0 Å². The fourth-order valence-electron chi connectivity index (χ4n) is 1.54. The fraction of sp³-hybridized carbons (Fsp3) is 1.00. The molecule has 4 nitrogen and oxygen atoms in total. The highest BCUT2D eigenvalue weighted by Gasteiger charge is 2.28. The Morgan fingerprint density at radius 2 is 2.00 bits per heavy atom. The molecule has 0 aromatic rings. The second-order valence-electron chi connectivity index (χ2n) is 3.62. The summed E-state index contributed by atoms with van der Waals surface area (Å²) in [5.41, 5.74) is 5.47. The first-order valence-electron chi connectivity index (χ1n) is 4.57. The van der Waals surface area contributed by atoms with Gasteiger partial charge in [0.05, 0.1) is 11.0 Å². The molecule has 1 fully saturated rings. The van der Waals surface area contributed by atoms with E-state index in [0.717, 1.165) is 0 Å². The van der Waals surface area contributed by atoms with Crippen molar-refractivity contribution >= 4 is 9.84 Å². The molecule has 0 aromatic carbocycles. The quantitative estimate of drug-likeness (QED) is 0.703. The first-order chi connectivity index (χ1) is 6.02. The van der Waals surface area contributed by atoms with E-state index >= 15 is 0 Å². The first-order valence-corrected chi connectivity index (χ1v) is 6.29. The number of nitrogens with two attached hydrogens (primary N) is 1. The summed E-state index contributed by atoms with van der Waals surface area (Å²) in [4.78, 5) is 0. The van der Waals surface area contributed by atoms with Crippen molar-refractivity contribution in [1.29, 1.82) is 0 Å². The Morgan fingerprint density at radius 1 is 1.46 bits per heavy atom. The zero-order valence-electron chi connectivity index (χ0n) is 7.90. The van der Waals surface area contributed by atoms with Gasteiger partial charge < -0.3 is 10.5 Å². The Morgan fingerprint density at radius 3 is 2.46 bits per heavy atom. The van der Waals surface area contributed by atoms with E-state index < -0.39 is 9.84 Å². The zero-order chi connectivity index (χ0) is 9.90. The largest absolute Gasteiger partial charge is 0.381 e. The standard InChI is InChI=1S/C8H17NO3S/c1-7(9)6-13(10,11)8-2-4-12-5-3-8/h7-8H,2-6,9H2,1H3. The van der Waals surface area contributed by atoms with Crippen molar-refractivity contribution in [3.05, 3.63) is 0 Å². The van der Waals surface area contributed by atoms with Gasteiger partial charge in [0, 0.05) is 19.3 Å². The molecule has 1 heterocycles. The lowest BCUT2D eigenvalue weighted by molar-refractivity contribution is 0.0983. The van der Waals surface area contributed by atoms with Crippen molar-refractivity contribution in [3.8, 4) is 0 Å². The molecule has 1 aliphatic heterocycles. The third-order valence-electron chi connectivity index (χ3n) is 2.17. The van der Waals surface area contributed by atoms with Crippen LogP contribution in [0.1, 0.15) is 19.8 Å². The summed E-state index contributed by atoms with van der Waals surface area (Å²) in [6.07, 6.45) is 1.24. The van der Waals surface area contributed by atoms with Crippen molar-refractivity contribution < 1.29 is 13.2 Å². The lowest BCUT2D eigenvalue weighted by atomic mass is 10.2. The van der Waals surface area contributed by atoms with Crippen LogP contribution in [0.25, 0.3) is 0 Å². The van der Waals surface area contributed by atoms with Gasteiger partial charge in [-0.2, -0.15) is 0 Å². The molecular weight excluding hydrogens is 190 g/mol. The van der Waals surface area contributed by atoms with E-state index in [2.05, 4.69) is 0 Å². The molecule has 1 aliphatic rings. The maximum absolute atomic E-state index is 11.7. The normalized spacial score (nSPS) is 22.9. The van der Waals surface area contributed by atoms with Crippen LogP contribution >= 0.6 is 0 Å². The fourth-order valence-corrected chi connectivity index (χ4v) is 3.45. The van der Waals surface area contributed by atoms with E-state index in [1.165, 1.54) is 0 Å². The van der Waals surface area contributed by atoms with Gasteiger partial charge in [-0.05, 0) is 19.8 Å². The van der Waals surface area contributed by atoms with Gasteiger partial charge in [0.1, 0.15) is 0 Å². The molecule has 2 N–H and O–H groups in total. The molecule has 0 radical (unpaired) electrons. The Balaban J connectivity index is 2.57. The maximum atomic E-state index is 11.7. The highest BCUT2D eigenvalue weighted by Crippen LogP contribution is 2.16. The SMILES string of the molecule is CC(N)CS(=O)(=O)C1CCOCC1. The van der Waals surface area contributed by atoms with Crippen LogP contribution in [0.3, 0.4) is 0 Å². The van der Waals surface area contributed by atoms with Crippen LogP contribution < -0.4 is 5.73 Å². The summed E-state index contributed by atoms with van der Waals surface area (Å²) in [6.45, 7) is 2.84. The van der Waals surface area contributed by atoms with Gasteiger partial charge in [0.2, 0.25) is 0 Å². The molecule has 0 amide bonds. The van der Waals surface area contributed by atoms with Gasteiger partial charge in [0.25, 0.3) is 0 Å². The molecule has 1 saturated heterocycles. The van der Waals surface area contributed by atoms with Crippen LogP contribution in [0, 0.1) is 0 Å². The van der Waals surface area contributed by atoms with E-state index in [1.54, 1.807) is 6.92 Å². The molecule has 0 aliphatic carbocycles. The molecule has 0 aromatic heterocycles. The van der Waals surface area contributed by atoms with Crippen LogP contribution in [-0.4, -0.2) is 38.7 Å². The minimum absolute atomic E-state index is 0.0949. The van der Waals surface area contributed by atoms with Gasteiger partial charge in [-0.1, -0.05) is 0 Å². The Labute approximate surface area is 79.4 Å². The molecule has 0 saturated carbocycles. The maximum Gasteiger partial charge on any atom is 0.154 e. The summed E-state index contributed by atoms with van der Waals surface area (Å²) in [7, 11) is -2.99. The molecule has 1 rings (SSSR count). The Kier molecular flexibility index (Phi) is 3.70. The van der Waals surface area contributed by atoms with Gasteiger partial charge in [-0.25, -0.2) is 8.42 Å². The van der Waals surface area contributed by atoms with Crippen molar-refractivity contribution in [2.75, 3.05) is 19.0 Å². The van der Waals surface area contributed by atoms with Gasteiger partial charge in [-0.3, -0.25) is 0 Å². The lowest BCUT2D eigenvalue weighted by Crippen LogP contribution is -2.36. The van der Waals surface area contributed by atoms with Gasteiger partial charge >= 0.3 is 0 Å². The van der Waals surface area contributed by atoms with E-state index in [1.807, 2.05) is 0 Å². The summed E-state index contributed by atoms with van der Waals surface area (Å²) >= 11 is 0. The third-order valence-corrected chi connectivity index (χ3v) is 4.65. The highest BCUT2D eigenvalue weighted by molar-refractivity contribution is 7.92. The predicted molar refractivity (Wildman–Crippen MR) is 51.3 cm³/mol. The van der Waals surface area contributed by atoms with E-state index in [-0.39, 0.29) is 17.0 Å². The number of sulfone groups is 1. The van der Waals surface area contributed by atoms with Crippen molar-refractivity contribution in [2.45, 2.75) is 31.1 Å². The molecule has 1 unspecified atom stereocenters. The Bertz CT molecular complexity index is 242. The molecule has 0 spiro atoms. The monoisotopic (exact) mass is 207 g/mol. The summed E-state index contributed by atoms with van der Waals surface area (Å²) in [5.74, 6) is 0.0949. The number of hydrogen-bond donors (Lipinski definition) is 1. The molecule has 78 valence electrons.